The van der Waals surface area contributed by atoms with Crippen LogP contribution in [0.3, 0.4) is 0 Å². The fourth-order valence-electron chi connectivity index (χ4n) is 2.20. The second-order valence-corrected chi connectivity index (χ2v) is 5.44. The number of aromatic nitrogens is 7. The molecule has 3 heterocycles. The number of hydrogen-bond acceptors (Lipinski definition) is 4. The van der Waals surface area contributed by atoms with Crippen LogP contribution in [0.2, 0.25) is 5.02 Å². The van der Waals surface area contributed by atoms with Gasteiger partial charge >= 0.3 is 0 Å². The molecule has 0 unspecified atom stereocenters. The molecule has 21 heavy (non-hydrogen) atoms. The van der Waals surface area contributed by atoms with Crippen LogP contribution in [0.1, 0.15) is 12.6 Å². The first-order chi connectivity index (χ1) is 10.0. The summed E-state index contributed by atoms with van der Waals surface area (Å²) in [6.45, 7) is 4.65. The number of nitrogens with one attached hydrogen (secondary N) is 1. The van der Waals surface area contributed by atoms with Crippen molar-refractivity contribution < 1.29 is 0 Å². The summed E-state index contributed by atoms with van der Waals surface area (Å²) in [7, 11) is 1.86. The van der Waals surface area contributed by atoms with Gasteiger partial charge in [0.1, 0.15) is 5.69 Å². The average Bonchev–Trinajstić information content (AvgIpc) is 3.07. The van der Waals surface area contributed by atoms with Gasteiger partial charge < -0.3 is 0 Å². The number of aryl methyl sites for hydroxylation is 3. The molecule has 7 nitrogen and oxygen atoms in total. The van der Waals surface area contributed by atoms with Gasteiger partial charge in [-0.15, -0.1) is 0 Å². The van der Waals surface area contributed by atoms with Gasteiger partial charge in [0.2, 0.25) is 0 Å². The molecule has 0 aromatic carbocycles. The Morgan fingerprint density at radius 3 is 2.67 bits per heavy atom. The summed E-state index contributed by atoms with van der Waals surface area (Å²) in [4.78, 5) is 0. The molecule has 3 rings (SSSR count). The SMILES string of the molecule is CCn1cc(Cl)c(-c2n[nH]c(=S)n2-c2cn(C)nc2C)n1. The standard InChI is InChI=1S/C12H14ClN7S/c1-4-19-5-8(13)10(17-19)11-14-15-12(21)20(11)9-6-18(3)16-7(9)2/h5-6H,4H2,1-3H3,(H,15,21). The van der Waals surface area contributed by atoms with E-state index in [4.69, 9.17) is 23.8 Å². The molecule has 3 aromatic heterocycles. The van der Waals surface area contributed by atoms with E-state index < -0.39 is 0 Å². The van der Waals surface area contributed by atoms with Gasteiger partial charge in [0.25, 0.3) is 0 Å². The zero-order valence-electron chi connectivity index (χ0n) is 11.8. The molecule has 1 N–H and O–H groups in total. The second kappa shape index (κ2) is 5.12. The molecule has 0 amide bonds. The van der Waals surface area contributed by atoms with Gasteiger partial charge in [0.05, 0.1) is 16.4 Å². The van der Waals surface area contributed by atoms with Gasteiger partial charge in [-0.3, -0.25) is 19.0 Å². The molecular weight excluding hydrogens is 310 g/mol. The Kier molecular flexibility index (Phi) is 3.42. The minimum atomic E-state index is 0.475. The van der Waals surface area contributed by atoms with E-state index in [1.807, 2.05) is 27.1 Å². The molecule has 110 valence electrons. The van der Waals surface area contributed by atoms with E-state index in [1.165, 1.54) is 0 Å². The lowest BCUT2D eigenvalue weighted by Gasteiger charge is -2.03. The van der Waals surface area contributed by atoms with Crippen molar-refractivity contribution in [1.29, 1.82) is 0 Å². The van der Waals surface area contributed by atoms with Crippen LogP contribution in [0, 0.1) is 11.7 Å². The first-order valence-electron chi connectivity index (χ1n) is 6.42. The monoisotopic (exact) mass is 323 g/mol. The van der Waals surface area contributed by atoms with Crippen molar-refractivity contribution in [2.75, 3.05) is 0 Å². The highest BCUT2D eigenvalue weighted by Gasteiger charge is 2.19. The number of H-pyrrole nitrogens is 1. The quantitative estimate of drug-likeness (QED) is 0.752. The first kappa shape index (κ1) is 14.0. The maximum atomic E-state index is 6.27. The molecule has 0 aliphatic rings. The molecule has 0 radical (unpaired) electrons. The topological polar surface area (TPSA) is 69.2 Å². The Hall–Kier alpha value is -1.93. The van der Waals surface area contributed by atoms with E-state index in [0.29, 0.717) is 21.3 Å². The van der Waals surface area contributed by atoms with Gasteiger partial charge in [-0.05, 0) is 26.1 Å². The first-order valence-corrected chi connectivity index (χ1v) is 7.21. The number of aromatic amines is 1. The molecule has 0 saturated heterocycles. The predicted molar refractivity (Wildman–Crippen MR) is 82.2 cm³/mol. The second-order valence-electron chi connectivity index (χ2n) is 4.64. The van der Waals surface area contributed by atoms with E-state index >= 15 is 0 Å². The molecular formula is C12H14ClN7S. The maximum absolute atomic E-state index is 6.27. The molecule has 0 aliphatic carbocycles. The van der Waals surface area contributed by atoms with Gasteiger partial charge in [0, 0.05) is 26.0 Å². The van der Waals surface area contributed by atoms with E-state index in [2.05, 4.69) is 20.4 Å². The minimum Gasteiger partial charge on any atom is -0.273 e. The van der Waals surface area contributed by atoms with Gasteiger partial charge in [-0.25, -0.2) is 0 Å². The molecule has 0 spiro atoms. The highest BCUT2D eigenvalue weighted by atomic mass is 35.5. The lowest BCUT2D eigenvalue weighted by molar-refractivity contribution is 0.660. The third-order valence-electron chi connectivity index (χ3n) is 3.15. The zero-order valence-corrected chi connectivity index (χ0v) is 13.4. The van der Waals surface area contributed by atoms with E-state index in [9.17, 15) is 0 Å². The lowest BCUT2D eigenvalue weighted by atomic mass is 10.3. The number of halogens is 1. The van der Waals surface area contributed by atoms with Crippen molar-refractivity contribution in [2.45, 2.75) is 20.4 Å². The summed E-state index contributed by atoms with van der Waals surface area (Å²) in [6, 6.07) is 0. The van der Waals surface area contributed by atoms with Gasteiger partial charge in [0.15, 0.2) is 10.6 Å². The predicted octanol–water partition coefficient (Wildman–Crippen LogP) is 2.51. The van der Waals surface area contributed by atoms with Crippen LogP contribution in [0.25, 0.3) is 17.2 Å². The normalized spacial score (nSPS) is 11.2. The van der Waals surface area contributed by atoms with Crippen LogP contribution >= 0.6 is 23.8 Å². The summed E-state index contributed by atoms with van der Waals surface area (Å²) in [6.07, 6.45) is 3.66. The Balaban J connectivity index is 2.24. The number of rotatable bonds is 3. The van der Waals surface area contributed by atoms with E-state index in [-0.39, 0.29) is 0 Å². The number of nitrogens with zero attached hydrogens (tertiary/aromatic N) is 6. The van der Waals surface area contributed by atoms with Gasteiger partial charge in [-0.1, -0.05) is 11.6 Å². The van der Waals surface area contributed by atoms with Crippen LogP contribution < -0.4 is 0 Å². The lowest BCUT2D eigenvalue weighted by Crippen LogP contribution is -2.00. The molecule has 9 heteroatoms. The largest absolute Gasteiger partial charge is 0.273 e. The highest BCUT2D eigenvalue weighted by molar-refractivity contribution is 7.71. The summed E-state index contributed by atoms with van der Waals surface area (Å²) in [5.41, 5.74) is 2.30. The zero-order chi connectivity index (χ0) is 15.1. The summed E-state index contributed by atoms with van der Waals surface area (Å²) in [5.74, 6) is 0.577. The summed E-state index contributed by atoms with van der Waals surface area (Å²) in [5, 5.41) is 16.4. The van der Waals surface area contributed by atoms with Crippen molar-refractivity contribution in [3.8, 4) is 17.2 Å². The van der Waals surface area contributed by atoms with Gasteiger partial charge in [-0.2, -0.15) is 15.3 Å². The van der Waals surface area contributed by atoms with Crippen LogP contribution in [0.15, 0.2) is 12.4 Å². The highest BCUT2D eigenvalue weighted by Crippen LogP contribution is 2.27. The molecule has 0 fully saturated rings. The van der Waals surface area contributed by atoms with Crippen molar-refractivity contribution >= 4 is 23.8 Å². The minimum absolute atomic E-state index is 0.475. The molecule has 0 bridgehead atoms. The maximum Gasteiger partial charge on any atom is 0.200 e. The van der Waals surface area contributed by atoms with E-state index in [1.54, 1.807) is 20.1 Å². The van der Waals surface area contributed by atoms with Crippen molar-refractivity contribution in [3.05, 3.63) is 27.9 Å². The smallest absolute Gasteiger partial charge is 0.200 e. The van der Waals surface area contributed by atoms with Crippen molar-refractivity contribution in [3.63, 3.8) is 0 Å². The Labute approximate surface area is 131 Å². The van der Waals surface area contributed by atoms with E-state index in [0.717, 1.165) is 17.9 Å². The molecule has 0 atom stereocenters. The van der Waals surface area contributed by atoms with Crippen LogP contribution in [-0.2, 0) is 13.6 Å². The number of hydrogen-bond donors (Lipinski definition) is 1. The third-order valence-corrected chi connectivity index (χ3v) is 3.70. The average molecular weight is 324 g/mol. The third kappa shape index (κ3) is 2.30. The summed E-state index contributed by atoms with van der Waals surface area (Å²) >= 11 is 11.6. The fourth-order valence-corrected chi connectivity index (χ4v) is 2.66. The summed E-state index contributed by atoms with van der Waals surface area (Å²) < 4.78 is 5.76. The molecule has 3 aromatic rings. The van der Waals surface area contributed by atoms with Crippen LogP contribution in [0.5, 0.6) is 0 Å². The Bertz CT molecular complexity index is 853. The molecule has 0 aliphatic heterocycles. The Morgan fingerprint density at radius 2 is 2.10 bits per heavy atom. The Morgan fingerprint density at radius 1 is 1.33 bits per heavy atom. The van der Waals surface area contributed by atoms with Crippen molar-refractivity contribution in [2.24, 2.45) is 7.05 Å². The molecule has 0 saturated carbocycles. The van der Waals surface area contributed by atoms with Crippen LogP contribution in [-0.4, -0.2) is 34.3 Å². The fraction of sp³-hybridized carbons (Fsp3) is 0.333. The van der Waals surface area contributed by atoms with Crippen molar-refractivity contribution in [1.82, 2.24) is 34.3 Å². The van der Waals surface area contributed by atoms with Crippen LogP contribution in [0.4, 0.5) is 0 Å².